The number of hydrogen-bond acceptors (Lipinski definition) is 5. The van der Waals surface area contributed by atoms with Gasteiger partial charge in [0, 0.05) is 30.1 Å². The molecule has 2 heterocycles. The zero-order chi connectivity index (χ0) is 15.5. The van der Waals surface area contributed by atoms with E-state index in [-0.39, 0.29) is 6.54 Å². The van der Waals surface area contributed by atoms with Crippen molar-refractivity contribution in [3.8, 4) is 29.0 Å². The van der Waals surface area contributed by atoms with Crippen molar-refractivity contribution < 1.29 is 9.47 Å². The highest BCUT2D eigenvalue weighted by Gasteiger charge is 2.16. The van der Waals surface area contributed by atoms with Gasteiger partial charge in [0.15, 0.2) is 11.5 Å². The van der Waals surface area contributed by atoms with Crippen molar-refractivity contribution in [2.45, 2.75) is 6.54 Å². The van der Waals surface area contributed by atoms with Crippen LogP contribution in [-0.4, -0.2) is 28.8 Å². The number of ether oxygens (including phenoxy) is 2. The Balaban J connectivity index is 2.29. The Labute approximate surface area is 127 Å². The molecule has 110 valence electrons. The molecule has 0 aliphatic carbocycles. The second-order valence-electron chi connectivity index (χ2n) is 4.62. The number of fused-ring (bicyclic) bond motifs is 1. The topological polar surface area (TPSA) is 73.0 Å². The zero-order valence-electron chi connectivity index (χ0n) is 12.3. The molecule has 2 aromatic heterocycles. The summed E-state index contributed by atoms with van der Waals surface area (Å²) in [7, 11) is 3.16. The lowest BCUT2D eigenvalue weighted by molar-refractivity contribution is 0.355. The number of aromatic nitrogens is 3. The lowest BCUT2D eigenvalue weighted by Gasteiger charge is -2.08. The van der Waals surface area contributed by atoms with Gasteiger partial charge in [-0.15, -0.1) is 0 Å². The highest BCUT2D eigenvalue weighted by molar-refractivity contribution is 5.84. The first-order chi connectivity index (χ1) is 10.8. The third-order valence-electron chi connectivity index (χ3n) is 3.40. The average Bonchev–Trinajstić information content (AvgIpc) is 2.92. The number of hydrogen-bond donors (Lipinski definition) is 0. The van der Waals surface area contributed by atoms with Crippen LogP contribution in [0.4, 0.5) is 0 Å². The van der Waals surface area contributed by atoms with Crippen LogP contribution in [0.2, 0.25) is 0 Å². The molecule has 0 radical (unpaired) electrons. The zero-order valence-corrected chi connectivity index (χ0v) is 12.3. The van der Waals surface area contributed by atoms with Gasteiger partial charge in [0.2, 0.25) is 0 Å². The van der Waals surface area contributed by atoms with E-state index in [2.05, 4.69) is 16.0 Å². The first-order valence-corrected chi connectivity index (χ1v) is 6.68. The normalized spacial score (nSPS) is 10.4. The van der Waals surface area contributed by atoms with E-state index in [1.807, 2.05) is 28.8 Å². The summed E-state index contributed by atoms with van der Waals surface area (Å²) < 4.78 is 12.5. The van der Waals surface area contributed by atoms with Crippen LogP contribution in [0.3, 0.4) is 0 Å². The molecule has 0 spiro atoms. The maximum absolute atomic E-state index is 9.13. The predicted octanol–water partition coefficient (Wildman–Crippen LogP) is 2.64. The van der Waals surface area contributed by atoms with Crippen LogP contribution in [0.5, 0.6) is 11.5 Å². The summed E-state index contributed by atoms with van der Waals surface area (Å²) in [5.74, 6) is 1.90. The molecule has 0 bridgehead atoms. The molecule has 0 atom stereocenters. The first kappa shape index (κ1) is 13.9. The molecule has 22 heavy (non-hydrogen) atoms. The highest BCUT2D eigenvalue weighted by Crippen LogP contribution is 2.34. The summed E-state index contributed by atoms with van der Waals surface area (Å²) in [5, 5.41) is 9.13. The molecule has 0 saturated carbocycles. The third kappa shape index (κ3) is 2.23. The van der Waals surface area contributed by atoms with E-state index in [0.29, 0.717) is 17.3 Å². The van der Waals surface area contributed by atoms with Gasteiger partial charge in [0.1, 0.15) is 12.4 Å². The van der Waals surface area contributed by atoms with Crippen LogP contribution < -0.4 is 9.47 Å². The maximum Gasteiger partial charge on any atom is 0.163 e. The summed E-state index contributed by atoms with van der Waals surface area (Å²) in [4.78, 5) is 8.74. The fraction of sp³-hybridized carbons (Fsp3) is 0.188. The summed E-state index contributed by atoms with van der Waals surface area (Å²) in [5.41, 5.74) is 2.41. The summed E-state index contributed by atoms with van der Waals surface area (Å²) in [6.07, 6.45) is 3.43. The Bertz CT molecular complexity index is 850. The molecule has 6 heteroatoms. The van der Waals surface area contributed by atoms with Gasteiger partial charge in [0.25, 0.3) is 0 Å². The minimum atomic E-state index is 0.191. The lowest BCUT2D eigenvalue weighted by Crippen LogP contribution is -1.99. The van der Waals surface area contributed by atoms with Gasteiger partial charge in [-0.05, 0) is 12.1 Å². The molecule has 0 fully saturated rings. The fourth-order valence-corrected chi connectivity index (χ4v) is 2.40. The number of imidazole rings is 1. The van der Waals surface area contributed by atoms with Gasteiger partial charge in [0.05, 0.1) is 31.3 Å². The van der Waals surface area contributed by atoms with Gasteiger partial charge >= 0.3 is 0 Å². The van der Waals surface area contributed by atoms with E-state index in [4.69, 9.17) is 14.7 Å². The highest BCUT2D eigenvalue weighted by atomic mass is 16.5. The van der Waals surface area contributed by atoms with E-state index in [1.54, 1.807) is 26.6 Å². The Hall–Kier alpha value is -3.07. The Morgan fingerprint density at radius 3 is 2.64 bits per heavy atom. The number of benzene rings is 1. The smallest absolute Gasteiger partial charge is 0.163 e. The summed E-state index contributed by atoms with van der Waals surface area (Å²) >= 11 is 0. The van der Waals surface area contributed by atoms with Crippen LogP contribution in [0, 0.1) is 11.3 Å². The van der Waals surface area contributed by atoms with Crippen molar-refractivity contribution in [3.05, 3.63) is 36.7 Å². The molecule has 0 saturated heterocycles. The predicted molar refractivity (Wildman–Crippen MR) is 81.7 cm³/mol. The standard InChI is InChI=1S/C16H14N4O2/c1-21-14-8-12-13(9-15(14)22-2)20(7-5-17)16(19-12)11-4-3-6-18-10-11/h3-4,6,8-10H,7H2,1-2H3. The number of pyridine rings is 1. The van der Waals surface area contributed by atoms with Gasteiger partial charge in [-0.25, -0.2) is 4.98 Å². The fourth-order valence-electron chi connectivity index (χ4n) is 2.40. The van der Waals surface area contributed by atoms with E-state index in [9.17, 15) is 0 Å². The number of nitrogens with zero attached hydrogens (tertiary/aromatic N) is 4. The first-order valence-electron chi connectivity index (χ1n) is 6.68. The van der Waals surface area contributed by atoms with Gasteiger partial charge in [-0.1, -0.05) is 0 Å². The summed E-state index contributed by atoms with van der Waals surface area (Å²) in [6, 6.07) is 9.56. The van der Waals surface area contributed by atoms with Crippen molar-refractivity contribution in [2.24, 2.45) is 0 Å². The number of methoxy groups -OCH3 is 2. The summed E-state index contributed by atoms with van der Waals surface area (Å²) in [6.45, 7) is 0.191. The monoisotopic (exact) mass is 294 g/mol. The number of rotatable bonds is 4. The van der Waals surface area contributed by atoms with Crippen molar-refractivity contribution in [1.82, 2.24) is 14.5 Å². The quantitative estimate of drug-likeness (QED) is 0.739. The van der Waals surface area contributed by atoms with Crippen LogP contribution >= 0.6 is 0 Å². The molecular formula is C16H14N4O2. The van der Waals surface area contributed by atoms with Gasteiger partial charge in [-0.3, -0.25) is 4.98 Å². The van der Waals surface area contributed by atoms with Crippen molar-refractivity contribution >= 4 is 11.0 Å². The van der Waals surface area contributed by atoms with Crippen LogP contribution in [0.1, 0.15) is 0 Å². The molecule has 0 aliphatic heterocycles. The van der Waals surface area contributed by atoms with Crippen LogP contribution in [0.25, 0.3) is 22.4 Å². The van der Waals surface area contributed by atoms with Crippen LogP contribution in [0.15, 0.2) is 36.7 Å². The SMILES string of the molecule is COc1cc2nc(-c3cccnc3)n(CC#N)c2cc1OC. The molecule has 6 nitrogen and oxygen atoms in total. The second-order valence-corrected chi connectivity index (χ2v) is 4.62. The minimum Gasteiger partial charge on any atom is -0.493 e. The largest absolute Gasteiger partial charge is 0.493 e. The number of nitriles is 1. The molecular weight excluding hydrogens is 280 g/mol. The van der Waals surface area contributed by atoms with E-state index >= 15 is 0 Å². The van der Waals surface area contributed by atoms with E-state index < -0.39 is 0 Å². The maximum atomic E-state index is 9.13. The molecule has 0 aliphatic rings. The van der Waals surface area contributed by atoms with Gasteiger partial charge < -0.3 is 14.0 Å². The van der Waals surface area contributed by atoms with Crippen molar-refractivity contribution in [3.63, 3.8) is 0 Å². The Kier molecular flexibility index (Phi) is 3.62. The molecule has 0 amide bonds. The second kappa shape index (κ2) is 5.74. The van der Waals surface area contributed by atoms with Crippen molar-refractivity contribution in [2.75, 3.05) is 14.2 Å². The van der Waals surface area contributed by atoms with Crippen molar-refractivity contribution in [1.29, 1.82) is 5.26 Å². The minimum absolute atomic E-state index is 0.191. The molecule has 0 unspecified atom stereocenters. The third-order valence-corrected chi connectivity index (χ3v) is 3.40. The average molecular weight is 294 g/mol. The molecule has 3 rings (SSSR count). The van der Waals surface area contributed by atoms with E-state index in [1.165, 1.54) is 0 Å². The Morgan fingerprint density at radius 2 is 2.00 bits per heavy atom. The lowest BCUT2D eigenvalue weighted by atomic mass is 10.2. The molecule has 3 aromatic rings. The Morgan fingerprint density at radius 1 is 1.23 bits per heavy atom. The molecule has 0 N–H and O–H groups in total. The van der Waals surface area contributed by atoms with Crippen LogP contribution in [-0.2, 0) is 6.54 Å². The van der Waals surface area contributed by atoms with E-state index in [0.717, 1.165) is 16.6 Å². The van der Waals surface area contributed by atoms with Gasteiger partial charge in [-0.2, -0.15) is 5.26 Å². The molecule has 1 aromatic carbocycles.